The fourth-order valence-electron chi connectivity index (χ4n) is 3.80. The molecule has 15 heteroatoms. The largest absolute Gasteiger partial charge is 0.490 e. The lowest BCUT2D eigenvalue weighted by Gasteiger charge is -2.27. The van der Waals surface area contributed by atoms with Crippen molar-refractivity contribution in [3.05, 3.63) is 30.1 Å². The molecule has 3 fully saturated rings. The van der Waals surface area contributed by atoms with Gasteiger partial charge in [0.1, 0.15) is 0 Å². The van der Waals surface area contributed by atoms with Gasteiger partial charge in [-0.2, -0.15) is 26.3 Å². The first-order chi connectivity index (χ1) is 16.3. The highest BCUT2D eigenvalue weighted by molar-refractivity contribution is 5.73. The fourth-order valence-corrected chi connectivity index (χ4v) is 3.80. The number of carbonyl (C=O) groups is 2. The summed E-state index contributed by atoms with van der Waals surface area (Å²) in [4.78, 5) is 24.5. The Bertz CT molecular complexity index is 794. The van der Waals surface area contributed by atoms with Crippen LogP contribution in [0.25, 0.3) is 0 Å². The number of fused-ring (bicyclic) bond motifs is 1. The molecule has 198 valence electrons. The van der Waals surface area contributed by atoms with Gasteiger partial charge in [-0.05, 0) is 18.1 Å². The predicted octanol–water partition coefficient (Wildman–Crippen LogP) is 2.35. The molecule has 4 heterocycles. The van der Waals surface area contributed by atoms with Crippen LogP contribution >= 0.6 is 0 Å². The van der Waals surface area contributed by atoms with E-state index in [4.69, 9.17) is 34.0 Å². The lowest BCUT2D eigenvalue weighted by molar-refractivity contribution is -0.193. The average Bonchev–Trinajstić information content (AvgIpc) is 3.51. The van der Waals surface area contributed by atoms with Crippen LogP contribution in [0.3, 0.4) is 0 Å². The smallest absolute Gasteiger partial charge is 0.475 e. The van der Waals surface area contributed by atoms with E-state index in [0.29, 0.717) is 24.6 Å². The van der Waals surface area contributed by atoms with Crippen molar-refractivity contribution in [2.75, 3.05) is 33.0 Å². The number of halogens is 6. The maximum atomic E-state index is 10.6. The van der Waals surface area contributed by atoms with Crippen LogP contribution in [0.1, 0.15) is 12.0 Å². The molecular weight excluding hydrogens is 494 g/mol. The number of hydrogen-bond donors (Lipinski definition) is 2. The molecule has 1 aromatic rings. The normalized spacial score (nSPS) is 26.2. The van der Waals surface area contributed by atoms with Gasteiger partial charge in [-0.25, -0.2) is 9.59 Å². The molecule has 9 nitrogen and oxygen atoms in total. The molecule has 1 aromatic heterocycles. The van der Waals surface area contributed by atoms with E-state index in [0.717, 1.165) is 45.0 Å². The fraction of sp³-hybridized carbons (Fsp3) is 0.650. The predicted molar refractivity (Wildman–Crippen MR) is 104 cm³/mol. The van der Waals surface area contributed by atoms with E-state index >= 15 is 0 Å². The highest BCUT2D eigenvalue weighted by Gasteiger charge is 2.48. The Morgan fingerprint density at radius 1 is 1.06 bits per heavy atom. The average molecular weight is 518 g/mol. The van der Waals surface area contributed by atoms with Crippen LogP contribution in [0.15, 0.2) is 24.5 Å². The monoisotopic (exact) mass is 518 g/mol. The van der Waals surface area contributed by atoms with Crippen molar-refractivity contribution < 1.29 is 60.4 Å². The van der Waals surface area contributed by atoms with Gasteiger partial charge >= 0.3 is 24.3 Å². The van der Waals surface area contributed by atoms with Gasteiger partial charge in [0, 0.05) is 43.5 Å². The van der Waals surface area contributed by atoms with Gasteiger partial charge in [-0.1, -0.05) is 6.07 Å². The third kappa shape index (κ3) is 8.91. The lowest BCUT2D eigenvalue weighted by Crippen LogP contribution is -2.41. The molecule has 4 rings (SSSR count). The Morgan fingerprint density at radius 3 is 2.17 bits per heavy atom. The minimum absolute atomic E-state index is 0.262. The summed E-state index contributed by atoms with van der Waals surface area (Å²) in [5.74, 6) is -5.01. The van der Waals surface area contributed by atoms with E-state index in [9.17, 15) is 26.3 Å². The Balaban J connectivity index is 0.000000257. The molecule has 3 saturated heterocycles. The van der Waals surface area contributed by atoms with Crippen molar-refractivity contribution >= 4 is 11.9 Å². The first kappa shape index (κ1) is 28.7. The van der Waals surface area contributed by atoms with Crippen LogP contribution < -0.4 is 0 Å². The second-order valence-electron chi connectivity index (χ2n) is 7.80. The van der Waals surface area contributed by atoms with E-state index in [1.165, 1.54) is 0 Å². The van der Waals surface area contributed by atoms with Crippen LogP contribution in [0.5, 0.6) is 0 Å². The Hall–Kier alpha value is -2.49. The number of carboxylic acids is 2. The summed E-state index contributed by atoms with van der Waals surface area (Å²) in [6.45, 7) is 5.06. The number of likely N-dealkylation sites (tertiary alicyclic amines) is 1. The zero-order valence-electron chi connectivity index (χ0n) is 18.2. The number of aliphatic carboxylic acids is 2. The molecule has 3 aliphatic rings. The number of alkyl halides is 6. The van der Waals surface area contributed by atoms with Crippen molar-refractivity contribution in [2.24, 2.45) is 5.92 Å². The van der Waals surface area contributed by atoms with E-state index in [1.54, 1.807) is 6.20 Å². The van der Waals surface area contributed by atoms with E-state index in [1.807, 2.05) is 12.3 Å². The lowest BCUT2D eigenvalue weighted by atomic mass is 10.0. The van der Waals surface area contributed by atoms with Gasteiger partial charge in [0.05, 0.1) is 32.5 Å². The summed E-state index contributed by atoms with van der Waals surface area (Å²) in [5, 5.41) is 14.2. The molecule has 0 aromatic carbocycles. The second kappa shape index (κ2) is 12.5. The van der Waals surface area contributed by atoms with Crippen LogP contribution in [0, 0.1) is 5.92 Å². The summed E-state index contributed by atoms with van der Waals surface area (Å²) in [6, 6.07) is 5.08. The molecule has 3 aliphatic heterocycles. The number of rotatable bonds is 4. The van der Waals surface area contributed by atoms with Gasteiger partial charge < -0.3 is 24.4 Å². The summed E-state index contributed by atoms with van der Waals surface area (Å²) < 4.78 is 80.9. The van der Waals surface area contributed by atoms with E-state index in [-0.39, 0.29) is 6.10 Å². The van der Waals surface area contributed by atoms with Crippen LogP contribution in [0.4, 0.5) is 26.3 Å². The number of nitrogens with zero attached hydrogens (tertiary/aromatic N) is 2. The highest BCUT2D eigenvalue weighted by atomic mass is 19.4. The SMILES string of the molecule is O=C(O)C(F)(F)F.O=C(O)C(F)(F)F.c1cncc(CO[C@H]2CN(C3CCOC3)[C@@H]3COC[C@H]23)c1. The molecule has 0 radical (unpaired) electrons. The number of carboxylic acid groups (broad SMARTS) is 2. The zero-order chi connectivity index (χ0) is 26.2. The standard InChI is InChI=1S/C16H22N2O3.2C2HF3O2/c1-2-12(6-17-4-1)8-21-16-7-18(13-3-5-19-9-13)15-11-20-10-14(15)16;2*3-2(4,5)1(6)7/h1-2,4,6,13-16H,3,5,7-11H2;2*(H,6,7)/t13?,14-,15+,16-;;/m0../s1. The number of aromatic nitrogens is 1. The Kier molecular flexibility index (Phi) is 10.2. The number of hydrogen-bond acceptors (Lipinski definition) is 7. The van der Waals surface area contributed by atoms with Crippen molar-refractivity contribution in [3.63, 3.8) is 0 Å². The maximum Gasteiger partial charge on any atom is 0.490 e. The third-order valence-corrected chi connectivity index (χ3v) is 5.43. The molecule has 0 bridgehead atoms. The molecule has 4 atom stereocenters. The van der Waals surface area contributed by atoms with Crippen molar-refractivity contribution in [2.45, 2.75) is 43.6 Å². The topological polar surface area (TPSA) is 118 Å². The van der Waals surface area contributed by atoms with E-state index < -0.39 is 24.3 Å². The van der Waals surface area contributed by atoms with Gasteiger partial charge in [0.15, 0.2) is 0 Å². The summed E-state index contributed by atoms with van der Waals surface area (Å²) >= 11 is 0. The summed E-state index contributed by atoms with van der Waals surface area (Å²) in [6.07, 6.45) is -5.10. The molecule has 0 aliphatic carbocycles. The first-order valence-corrected chi connectivity index (χ1v) is 10.3. The molecule has 0 saturated carbocycles. The molecule has 1 unspecified atom stereocenters. The molecule has 0 amide bonds. The van der Waals surface area contributed by atoms with Crippen molar-refractivity contribution in [1.82, 2.24) is 9.88 Å². The van der Waals surface area contributed by atoms with Crippen molar-refractivity contribution in [3.8, 4) is 0 Å². The quantitative estimate of drug-likeness (QED) is 0.579. The zero-order valence-corrected chi connectivity index (χ0v) is 18.2. The van der Waals surface area contributed by atoms with Gasteiger partial charge in [0.25, 0.3) is 0 Å². The van der Waals surface area contributed by atoms with Crippen LogP contribution in [0.2, 0.25) is 0 Å². The number of ether oxygens (including phenoxy) is 3. The van der Waals surface area contributed by atoms with Crippen LogP contribution in [-0.4, -0.2) is 95.5 Å². The molecule has 35 heavy (non-hydrogen) atoms. The first-order valence-electron chi connectivity index (χ1n) is 10.3. The maximum absolute atomic E-state index is 10.6. The third-order valence-electron chi connectivity index (χ3n) is 5.43. The molecule has 0 spiro atoms. The highest BCUT2D eigenvalue weighted by Crippen LogP contribution is 2.35. The Labute approximate surface area is 195 Å². The van der Waals surface area contributed by atoms with Gasteiger partial charge in [0.2, 0.25) is 0 Å². The molecular formula is C20H24F6N2O7. The second-order valence-corrected chi connectivity index (χ2v) is 7.80. The van der Waals surface area contributed by atoms with E-state index in [2.05, 4.69) is 16.0 Å². The minimum atomic E-state index is -5.08. The van der Waals surface area contributed by atoms with Gasteiger partial charge in [-0.3, -0.25) is 9.88 Å². The van der Waals surface area contributed by atoms with Crippen LogP contribution in [-0.2, 0) is 30.4 Å². The van der Waals surface area contributed by atoms with Crippen molar-refractivity contribution in [1.29, 1.82) is 0 Å². The van der Waals surface area contributed by atoms with Gasteiger partial charge in [-0.15, -0.1) is 0 Å². The summed E-state index contributed by atoms with van der Waals surface area (Å²) in [7, 11) is 0. The summed E-state index contributed by atoms with van der Waals surface area (Å²) in [5.41, 5.74) is 1.13. The molecule has 2 N–H and O–H groups in total. The Morgan fingerprint density at radius 2 is 1.69 bits per heavy atom. The minimum Gasteiger partial charge on any atom is -0.475 e. The number of pyridine rings is 1.